The van der Waals surface area contributed by atoms with E-state index in [1.54, 1.807) is 25.1 Å². The first-order valence-corrected chi connectivity index (χ1v) is 7.40. The van der Waals surface area contributed by atoms with Crippen molar-refractivity contribution in [3.8, 4) is 0 Å². The van der Waals surface area contributed by atoms with E-state index in [9.17, 15) is 18.0 Å². The number of fused-ring (bicyclic) bond motifs is 1. The van der Waals surface area contributed by atoms with Crippen molar-refractivity contribution in [3.63, 3.8) is 0 Å². The molecule has 25 heavy (non-hydrogen) atoms. The van der Waals surface area contributed by atoms with Gasteiger partial charge in [-0.1, -0.05) is 18.2 Å². The summed E-state index contributed by atoms with van der Waals surface area (Å²) in [7, 11) is 0. The monoisotopic (exact) mass is 349 g/mol. The number of nitrogens with one attached hydrogen (secondary N) is 2. The molecule has 2 aromatic carbocycles. The summed E-state index contributed by atoms with van der Waals surface area (Å²) in [5, 5.41) is 5.22. The molecule has 2 amide bonds. The third-order valence-electron chi connectivity index (χ3n) is 3.50. The van der Waals surface area contributed by atoms with Crippen LogP contribution in [-0.4, -0.2) is 11.0 Å². The molecule has 0 fully saturated rings. The fraction of sp³-hybridized carbons (Fsp3) is 0.176. The number of oxazole rings is 1. The van der Waals surface area contributed by atoms with E-state index >= 15 is 0 Å². The molecule has 1 heterocycles. The number of rotatable bonds is 3. The van der Waals surface area contributed by atoms with Crippen LogP contribution in [0.2, 0.25) is 0 Å². The third-order valence-corrected chi connectivity index (χ3v) is 3.50. The van der Waals surface area contributed by atoms with Crippen molar-refractivity contribution in [2.75, 3.05) is 5.32 Å². The minimum Gasteiger partial charge on any atom is -0.439 e. The first-order valence-electron chi connectivity index (χ1n) is 7.40. The molecule has 0 spiro atoms. The van der Waals surface area contributed by atoms with E-state index < -0.39 is 17.8 Å². The molecule has 0 saturated heterocycles. The van der Waals surface area contributed by atoms with Gasteiger partial charge in [-0.3, -0.25) is 0 Å². The van der Waals surface area contributed by atoms with Crippen LogP contribution < -0.4 is 10.6 Å². The van der Waals surface area contributed by atoms with Gasteiger partial charge in [0, 0.05) is 13.5 Å². The highest BCUT2D eigenvalue weighted by Crippen LogP contribution is 2.29. The van der Waals surface area contributed by atoms with Crippen molar-refractivity contribution in [2.24, 2.45) is 0 Å². The topological polar surface area (TPSA) is 67.2 Å². The van der Waals surface area contributed by atoms with Gasteiger partial charge in [0.2, 0.25) is 0 Å². The fourth-order valence-electron chi connectivity index (χ4n) is 2.32. The van der Waals surface area contributed by atoms with Gasteiger partial charge < -0.3 is 15.1 Å². The number of carbonyl (C=O) groups is 1. The van der Waals surface area contributed by atoms with Crippen LogP contribution in [0.5, 0.6) is 0 Å². The van der Waals surface area contributed by atoms with Gasteiger partial charge in [-0.25, -0.2) is 9.78 Å². The molecule has 8 heteroatoms. The summed E-state index contributed by atoms with van der Waals surface area (Å²) < 4.78 is 43.0. The molecule has 0 atom stereocenters. The highest BCUT2D eigenvalue weighted by Gasteiger charge is 2.29. The van der Waals surface area contributed by atoms with E-state index in [0.29, 0.717) is 28.2 Å². The molecule has 0 aliphatic carbocycles. The molecule has 5 nitrogen and oxygen atoms in total. The number of benzene rings is 2. The van der Waals surface area contributed by atoms with Gasteiger partial charge in [-0.05, 0) is 29.8 Å². The number of alkyl halides is 3. The normalized spacial score (nSPS) is 11.5. The molecule has 2 N–H and O–H groups in total. The van der Waals surface area contributed by atoms with Crippen molar-refractivity contribution in [2.45, 2.75) is 19.6 Å². The Hall–Kier alpha value is -3.03. The second-order valence-electron chi connectivity index (χ2n) is 5.39. The SMILES string of the molecule is Cc1nc2cccc(NC(=O)NCc3ccc(C(F)(F)F)cc3)c2o1. The van der Waals surface area contributed by atoms with Gasteiger partial charge in [0.1, 0.15) is 5.52 Å². The molecule has 0 bridgehead atoms. The highest BCUT2D eigenvalue weighted by atomic mass is 19.4. The van der Waals surface area contributed by atoms with E-state index in [-0.39, 0.29) is 6.54 Å². The molecular weight excluding hydrogens is 335 g/mol. The predicted octanol–water partition coefficient (Wildman–Crippen LogP) is 4.48. The lowest BCUT2D eigenvalue weighted by Crippen LogP contribution is -2.28. The maximum atomic E-state index is 12.5. The van der Waals surface area contributed by atoms with Crippen LogP contribution in [0.4, 0.5) is 23.7 Å². The fourth-order valence-corrected chi connectivity index (χ4v) is 2.32. The van der Waals surface area contributed by atoms with Gasteiger partial charge in [0.05, 0.1) is 11.3 Å². The Labute approximate surface area is 140 Å². The van der Waals surface area contributed by atoms with Crippen molar-refractivity contribution in [1.29, 1.82) is 0 Å². The van der Waals surface area contributed by atoms with Crippen molar-refractivity contribution in [1.82, 2.24) is 10.3 Å². The number of carbonyl (C=O) groups excluding carboxylic acids is 1. The van der Waals surface area contributed by atoms with Crippen LogP contribution in [0, 0.1) is 6.92 Å². The number of halogens is 3. The predicted molar refractivity (Wildman–Crippen MR) is 86.0 cm³/mol. The lowest BCUT2D eigenvalue weighted by atomic mass is 10.1. The highest BCUT2D eigenvalue weighted by molar-refractivity contribution is 5.97. The van der Waals surface area contributed by atoms with E-state index in [4.69, 9.17) is 4.42 Å². The minimum absolute atomic E-state index is 0.0926. The Morgan fingerprint density at radius 1 is 1.16 bits per heavy atom. The first-order chi connectivity index (χ1) is 11.8. The summed E-state index contributed by atoms with van der Waals surface area (Å²) in [6.07, 6.45) is -4.38. The van der Waals surface area contributed by atoms with Crippen LogP contribution in [0.3, 0.4) is 0 Å². The van der Waals surface area contributed by atoms with Crippen molar-refractivity contribution in [3.05, 3.63) is 59.5 Å². The Kier molecular flexibility index (Phi) is 4.35. The number of hydrogen-bond acceptors (Lipinski definition) is 3. The molecule has 0 radical (unpaired) electrons. The largest absolute Gasteiger partial charge is 0.439 e. The minimum atomic E-state index is -4.38. The maximum absolute atomic E-state index is 12.5. The average molecular weight is 349 g/mol. The van der Waals surface area contributed by atoms with Gasteiger partial charge in [0.15, 0.2) is 11.5 Å². The zero-order chi connectivity index (χ0) is 18.0. The maximum Gasteiger partial charge on any atom is 0.416 e. The summed E-state index contributed by atoms with van der Waals surface area (Å²) in [4.78, 5) is 16.2. The van der Waals surface area contributed by atoms with Gasteiger partial charge in [-0.2, -0.15) is 13.2 Å². The van der Waals surface area contributed by atoms with Gasteiger partial charge >= 0.3 is 12.2 Å². The van der Waals surface area contributed by atoms with Crippen molar-refractivity contribution >= 4 is 22.8 Å². The van der Waals surface area contributed by atoms with E-state index in [1.807, 2.05) is 0 Å². The van der Waals surface area contributed by atoms with Gasteiger partial charge in [-0.15, -0.1) is 0 Å². The van der Waals surface area contributed by atoms with E-state index in [2.05, 4.69) is 15.6 Å². The zero-order valence-electron chi connectivity index (χ0n) is 13.1. The van der Waals surface area contributed by atoms with Crippen LogP contribution in [0.25, 0.3) is 11.1 Å². The summed E-state index contributed by atoms with van der Waals surface area (Å²) >= 11 is 0. The zero-order valence-corrected chi connectivity index (χ0v) is 13.1. The second kappa shape index (κ2) is 6.46. The smallest absolute Gasteiger partial charge is 0.416 e. The Morgan fingerprint density at radius 2 is 1.88 bits per heavy atom. The molecule has 0 unspecified atom stereocenters. The quantitative estimate of drug-likeness (QED) is 0.733. The lowest BCUT2D eigenvalue weighted by Gasteiger charge is -2.09. The first kappa shape index (κ1) is 16.8. The van der Waals surface area contributed by atoms with E-state index in [1.165, 1.54) is 12.1 Å². The van der Waals surface area contributed by atoms with Crippen LogP contribution in [0.1, 0.15) is 17.0 Å². The number of hydrogen-bond donors (Lipinski definition) is 2. The average Bonchev–Trinajstić information content (AvgIpc) is 2.94. The summed E-state index contributed by atoms with van der Waals surface area (Å²) in [6, 6.07) is 9.27. The van der Waals surface area contributed by atoms with Crippen LogP contribution in [0.15, 0.2) is 46.9 Å². The van der Waals surface area contributed by atoms with E-state index in [0.717, 1.165) is 12.1 Å². The molecule has 130 valence electrons. The number of aromatic nitrogens is 1. The third kappa shape index (κ3) is 3.90. The van der Waals surface area contributed by atoms with Crippen LogP contribution >= 0.6 is 0 Å². The molecule has 0 aliphatic heterocycles. The molecular formula is C17H14F3N3O2. The standard InChI is InChI=1S/C17H14F3N3O2/c1-10-22-13-3-2-4-14(15(13)25-10)23-16(24)21-9-11-5-7-12(8-6-11)17(18,19)20/h2-8H,9H2,1H3,(H2,21,23,24). The van der Waals surface area contributed by atoms with Crippen LogP contribution in [-0.2, 0) is 12.7 Å². The molecule has 3 aromatic rings. The molecule has 1 aromatic heterocycles. The molecule has 3 rings (SSSR count). The Morgan fingerprint density at radius 3 is 2.56 bits per heavy atom. The number of amides is 2. The Balaban J connectivity index is 1.63. The summed E-state index contributed by atoms with van der Waals surface area (Å²) in [6.45, 7) is 1.80. The number of anilines is 1. The Bertz CT molecular complexity index is 902. The summed E-state index contributed by atoms with van der Waals surface area (Å²) in [5.74, 6) is 0.481. The number of urea groups is 1. The number of para-hydroxylation sites is 1. The number of aryl methyl sites for hydroxylation is 1. The second-order valence-corrected chi connectivity index (χ2v) is 5.39. The molecule has 0 aliphatic rings. The summed E-state index contributed by atoms with van der Waals surface area (Å²) in [5.41, 5.74) is 1.37. The van der Waals surface area contributed by atoms with Crippen molar-refractivity contribution < 1.29 is 22.4 Å². The number of nitrogens with zero attached hydrogens (tertiary/aromatic N) is 1. The van der Waals surface area contributed by atoms with Gasteiger partial charge in [0.25, 0.3) is 0 Å². The molecule has 0 saturated carbocycles. The lowest BCUT2D eigenvalue weighted by molar-refractivity contribution is -0.137.